The van der Waals surface area contributed by atoms with Gasteiger partial charge in [-0.1, -0.05) is 6.07 Å². The number of nitrogens with zero attached hydrogens (tertiary/aromatic N) is 4. The van der Waals surface area contributed by atoms with Crippen molar-refractivity contribution in [2.75, 3.05) is 24.3 Å². The fraction of sp³-hybridized carbons (Fsp3) is 0.200. The van der Waals surface area contributed by atoms with Gasteiger partial charge >= 0.3 is 5.82 Å². The first-order valence-electron chi connectivity index (χ1n) is 6.66. The van der Waals surface area contributed by atoms with Crippen LogP contribution in [-0.4, -0.2) is 20.0 Å². The van der Waals surface area contributed by atoms with Gasteiger partial charge in [0.1, 0.15) is 5.69 Å². The van der Waals surface area contributed by atoms with Crippen molar-refractivity contribution >= 4 is 28.8 Å². The minimum atomic E-state index is -0.203. The van der Waals surface area contributed by atoms with Crippen LogP contribution in [-0.2, 0) is 4.79 Å². The lowest BCUT2D eigenvalue weighted by Crippen LogP contribution is -2.24. The van der Waals surface area contributed by atoms with Crippen LogP contribution in [0.15, 0.2) is 52.8 Å². The molecule has 7 nitrogen and oxygen atoms in total. The quantitative estimate of drug-likeness (QED) is 0.535. The second-order valence-corrected chi connectivity index (χ2v) is 4.86. The van der Waals surface area contributed by atoms with E-state index in [4.69, 9.17) is 0 Å². The maximum absolute atomic E-state index is 11.5. The topological polar surface area (TPSA) is 84.0 Å². The highest BCUT2D eigenvalue weighted by Crippen LogP contribution is 2.30. The number of amides is 1. The van der Waals surface area contributed by atoms with Gasteiger partial charge in [-0.3, -0.25) is 4.79 Å². The number of hydrogen-bond acceptors (Lipinski definition) is 5. The molecule has 0 saturated carbocycles. The number of azo groups is 1. The molecule has 7 heteroatoms. The average Bonchev–Trinajstić information content (AvgIpc) is 2.46. The van der Waals surface area contributed by atoms with Crippen molar-refractivity contribution in [3.05, 3.63) is 47.8 Å². The van der Waals surface area contributed by atoms with Crippen LogP contribution in [0.1, 0.15) is 6.92 Å². The van der Waals surface area contributed by atoms with Gasteiger partial charge in [0, 0.05) is 32.8 Å². The molecule has 0 bridgehead atoms. The molecular weight excluding hydrogens is 282 g/mol. The van der Waals surface area contributed by atoms with E-state index in [1.807, 2.05) is 25.1 Å². The van der Waals surface area contributed by atoms with Crippen molar-refractivity contribution in [1.82, 2.24) is 0 Å². The highest BCUT2D eigenvalue weighted by atomic mass is 16.5. The average molecular weight is 299 g/mol. The normalized spacial score (nSPS) is 10.7. The van der Waals surface area contributed by atoms with Crippen molar-refractivity contribution in [2.45, 2.75) is 6.92 Å². The van der Waals surface area contributed by atoms with Gasteiger partial charge in [-0.15, -0.1) is 0 Å². The van der Waals surface area contributed by atoms with Gasteiger partial charge in [-0.2, -0.15) is 0 Å². The zero-order valence-electron chi connectivity index (χ0n) is 12.6. The van der Waals surface area contributed by atoms with E-state index in [-0.39, 0.29) is 11.7 Å². The Hall–Kier alpha value is -2.96. The molecule has 0 radical (unpaired) electrons. The maximum Gasteiger partial charge on any atom is 0.353 e. The molecule has 22 heavy (non-hydrogen) atoms. The van der Waals surface area contributed by atoms with Gasteiger partial charge in [0.15, 0.2) is 0 Å². The Morgan fingerprint density at radius 2 is 2.00 bits per heavy atom. The van der Waals surface area contributed by atoms with Gasteiger partial charge in [-0.25, -0.2) is 4.73 Å². The van der Waals surface area contributed by atoms with Gasteiger partial charge in [-0.05, 0) is 29.4 Å². The summed E-state index contributed by atoms with van der Waals surface area (Å²) in [6, 6.07) is 10.3. The molecule has 0 saturated heterocycles. The Balaban J connectivity index is 2.37. The second kappa shape index (κ2) is 6.66. The molecule has 114 valence electrons. The van der Waals surface area contributed by atoms with Crippen LogP contribution < -0.4 is 14.9 Å². The van der Waals surface area contributed by atoms with E-state index in [0.29, 0.717) is 16.1 Å². The van der Waals surface area contributed by atoms with E-state index in [1.54, 1.807) is 30.3 Å². The predicted molar refractivity (Wildman–Crippen MR) is 84.7 cm³/mol. The monoisotopic (exact) mass is 299 g/mol. The lowest BCUT2D eigenvalue weighted by Gasteiger charge is -2.14. The number of benzene rings is 1. The lowest BCUT2D eigenvalue weighted by molar-refractivity contribution is -0.591. The van der Waals surface area contributed by atoms with Crippen LogP contribution in [0.25, 0.3) is 0 Å². The van der Waals surface area contributed by atoms with Crippen molar-refractivity contribution in [2.24, 2.45) is 10.2 Å². The summed E-state index contributed by atoms with van der Waals surface area (Å²) in [7, 11) is 3.80. The largest absolute Gasteiger partial charge is 0.710 e. The molecule has 0 atom stereocenters. The maximum atomic E-state index is 11.5. The van der Waals surface area contributed by atoms with Gasteiger partial charge < -0.3 is 15.4 Å². The molecule has 0 spiro atoms. The van der Waals surface area contributed by atoms with Crippen molar-refractivity contribution in [3.8, 4) is 0 Å². The van der Waals surface area contributed by atoms with Crippen LogP contribution in [0, 0.1) is 5.21 Å². The fourth-order valence-electron chi connectivity index (χ4n) is 1.78. The summed E-state index contributed by atoms with van der Waals surface area (Å²) in [4.78, 5) is 13.2. The van der Waals surface area contributed by atoms with E-state index < -0.39 is 0 Å². The SMILES string of the molecule is CC(=O)Nc1cc(N(C)C)ccc1N=Nc1cccc[n+]1[O-]. The highest BCUT2D eigenvalue weighted by Gasteiger charge is 2.09. The molecule has 0 unspecified atom stereocenters. The van der Waals surface area contributed by atoms with Gasteiger partial charge in [0.2, 0.25) is 5.91 Å². The van der Waals surface area contributed by atoms with E-state index >= 15 is 0 Å². The first-order valence-corrected chi connectivity index (χ1v) is 6.66. The number of rotatable bonds is 4. The molecule has 0 fully saturated rings. The lowest BCUT2D eigenvalue weighted by atomic mass is 10.2. The van der Waals surface area contributed by atoms with Gasteiger partial charge in [0.25, 0.3) is 0 Å². The minimum Gasteiger partial charge on any atom is -0.710 e. The summed E-state index contributed by atoms with van der Waals surface area (Å²) in [6.07, 6.45) is 1.35. The number of hydrogen-bond donors (Lipinski definition) is 1. The molecule has 1 aromatic heterocycles. The summed E-state index contributed by atoms with van der Waals surface area (Å²) in [5.41, 5.74) is 1.93. The first kappa shape index (κ1) is 15.4. The van der Waals surface area contributed by atoms with Crippen molar-refractivity contribution < 1.29 is 9.52 Å². The predicted octanol–water partition coefficient (Wildman–Crippen LogP) is 2.76. The zero-order valence-corrected chi connectivity index (χ0v) is 12.6. The first-order chi connectivity index (χ1) is 10.5. The van der Waals surface area contributed by atoms with E-state index in [0.717, 1.165) is 5.69 Å². The summed E-state index contributed by atoms with van der Waals surface area (Å²) in [5, 5.41) is 22.2. The molecule has 1 amide bonds. The summed E-state index contributed by atoms with van der Waals surface area (Å²) >= 11 is 0. The molecular formula is C15H17N5O2. The molecule has 1 heterocycles. The van der Waals surface area contributed by atoms with Crippen LogP contribution in [0.4, 0.5) is 22.9 Å². The third kappa shape index (κ3) is 3.78. The molecule has 0 aliphatic heterocycles. The van der Waals surface area contributed by atoms with Crippen molar-refractivity contribution in [1.29, 1.82) is 0 Å². The zero-order chi connectivity index (χ0) is 16.1. The number of carbonyl (C=O) groups is 1. The molecule has 2 aromatic rings. The Morgan fingerprint density at radius 1 is 1.23 bits per heavy atom. The highest BCUT2D eigenvalue weighted by molar-refractivity contribution is 5.92. The van der Waals surface area contributed by atoms with E-state index in [9.17, 15) is 10.0 Å². The van der Waals surface area contributed by atoms with E-state index in [2.05, 4.69) is 15.5 Å². The Kier molecular flexibility index (Phi) is 4.67. The number of carbonyl (C=O) groups excluding carboxylic acids is 1. The van der Waals surface area contributed by atoms with Crippen LogP contribution in [0.3, 0.4) is 0 Å². The Morgan fingerprint density at radius 3 is 2.64 bits per heavy atom. The molecule has 2 rings (SSSR count). The molecule has 0 aliphatic rings. The molecule has 1 aromatic carbocycles. The third-order valence-corrected chi connectivity index (χ3v) is 2.87. The van der Waals surface area contributed by atoms with Crippen LogP contribution in [0.2, 0.25) is 0 Å². The summed E-state index contributed by atoms with van der Waals surface area (Å²) in [6.45, 7) is 1.42. The van der Waals surface area contributed by atoms with Crippen molar-refractivity contribution in [3.63, 3.8) is 0 Å². The smallest absolute Gasteiger partial charge is 0.353 e. The molecule has 0 aliphatic carbocycles. The van der Waals surface area contributed by atoms with Gasteiger partial charge in [0.05, 0.1) is 17.0 Å². The second-order valence-electron chi connectivity index (χ2n) is 4.86. The summed E-state index contributed by atoms with van der Waals surface area (Å²) < 4.78 is 0.621. The van der Waals surface area contributed by atoms with Crippen LogP contribution in [0.5, 0.6) is 0 Å². The standard InChI is InChI=1S/C15H17N5O2/c1-11(21)16-14-10-12(19(2)3)7-8-13(14)17-18-15-6-4-5-9-20(15)22/h4-10H,1-3H3,(H,16,21). The van der Waals surface area contributed by atoms with E-state index in [1.165, 1.54) is 13.1 Å². The Labute approximate surface area is 128 Å². The molecule has 1 N–H and O–H groups in total. The number of aromatic nitrogens is 1. The third-order valence-electron chi connectivity index (χ3n) is 2.87. The Bertz CT molecular complexity index is 713. The number of pyridine rings is 1. The fourth-order valence-corrected chi connectivity index (χ4v) is 1.78. The summed E-state index contributed by atoms with van der Waals surface area (Å²) in [5.74, 6) is -0.0288. The number of nitrogens with one attached hydrogen (secondary N) is 1. The minimum absolute atomic E-state index is 0.174. The van der Waals surface area contributed by atoms with Crippen LogP contribution >= 0.6 is 0 Å². The number of anilines is 2.